The minimum Gasteiger partial charge on any atom is -0.336 e. The van der Waals surface area contributed by atoms with E-state index >= 15 is 0 Å². The Morgan fingerprint density at radius 1 is 1.20 bits per heavy atom. The number of hydrogen-bond acceptors (Lipinski definition) is 3. The molecule has 1 spiro atoms. The molecule has 8 heteroatoms. The highest BCUT2D eigenvalue weighted by Crippen LogP contribution is 2.30. The molecule has 4 amide bonds. The van der Waals surface area contributed by atoms with Gasteiger partial charge in [0.2, 0.25) is 0 Å². The number of hydrogen-bond donors (Lipinski definition) is 1. The number of carbonyl (C=O) groups is 3. The van der Waals surface area contributed by atoms with Gasteiger partial charge in [0.05, 0.1) is 13.1 Å². The summed E-state index contributed by atoms with van der Waals surface area (Å²) in [6, 6.07) is 10.8. The minimum absolute atomic E-state index is 0.0586. The van der Waals surface area contributed by atoms with E-state index in [1.165, 1.54) is 15.9 Å². The van der Waals surface area contributed by atoms with Crippen LogP contribution in [0.4, 0.5) is 9.18 Å². The maximum absolute atomic E-state index is 13.9. The number of nitrogens with one attached hydrogen (secondary N) is 1. The van der Waals surface area contributed by atoms with Crippen molar-refractivity contribution in [1.82, 2.24) is 15.1 Å². The molecule has 2 aromatic carbocycles. The van der Waals surface area contributed by atoms with Crippen LogP contribution in [0.1, 0.15) is 34.3 Å². The van der Waals surface area contributed by atoms with Gasteiger partial charge in [0.1, 0.15) is 11.4 Å². The zero-order valence-corrected chi connectivity index (χ0v) is 17.2. The lowest BCUT2D eigenvalue weighted by molar-refractivity contribution is -0.133. The van der Waals surface area contributed by atoms with Gasteiger partial charge >= 0.3 is 6.03 Å². The maximum Gasteiger partial charge on any atom is 0.325 e. The molecule has 0 aliphatic carbocycles. The second-order valence-electron chi connectivity index (χ2n) is 7.82. The smallest absolute Gasteiger partial charge is 0.325 e. The molecule has 0 radical (unpaired) electrons. The molecular weight excluding hydrogens is 409 g/mol. The molecule has 2 aliphatic rings. The van der Waals surface area contributed by atoms with E-state index in [0.717, 1.165) is 5.56 Å². The molecule has 0 unspecified atom stereocenters. The number of halogens is 2. The second kappa shape index (κ2) is 7.72. The van der Waals surface area contributed by atoms with Crippen LogP contribution in [-0.2, 0) is 11.3 Å². The molecule has 2 fully saturated rings. The van der Waals surface area contributed by atoms with Crippen LogP contribution in [-0.4, -0.2) is 46.3 Å². The number of aryl methyl sites for hydroxylation is 1. The summed E-state index contributed by atoms with van der Waals surface area (Å²) in [5.41, 5.74) is 0.308. The van der Waals surface area contributed by atoms with Crippen LogP contribution in [0.3, 0.4) is 0 Å². The minimum atomic E-state index is -1.15. The van der Waals surface area contributed by atoms with Crippen LogP contribution < -0.4 is 5.32 Å². The van der Waals surface area contributed by atoms with Gasteiger partial charge in [0.25, 0.3) is 11.8 Å². The topological polar surface area (TPSA) is 69.7 Å². The van der Waals surface area contributed by atoms with Gasteiger partial charge in [-0.15, -0.1) is 0 Å². The summed E-state index contributed by atoms with van der Waals surface area (Å²) < 4.78 is 13.9. The first-order valence-corrected chi connectivity index (χ1v) is 10.1. The third-order valence-corrected chi connectivity index (χ3v) is 5.95. The fourth-order valence-corrected chi connectivity index (χ4v) is 4.13. The molecule has 0 aromatic heterocycles. The molecule has 2 aromatic rings. The van der Waals surface area contributed by atoms with Gasteiger partial charge in [-0.05, 0) is 55.2 Å². The highest BCUT2D eigenvalue weighted by atomic mass is 35.5. The second-order valence-corrected chi connectivity index (χ2v) is 8.26. The van der Waals surface area contributed by atoms with E-state index in [1.807, 2.05) is 0 Å². The van der Waals surface area contributed by atoms with Crippen molar-refractivity contribution in [2.45, 2.75) is 31.8 Å². The first-order valence-electron chi connectivity index (χ1n) is 9.73. The zero-order chi connectivity index (χ0) is 21.5. The van der Waals surface area contributed by atoms with E-state index in [0.29, 0.717) is 30.0 Å². The summed E-state index contributed by atoms with van der Waals surface area (Å²) >= 11 is 5.90. The standard InChI is InChI=1S/C22H21ClFN3O3/c1-14-3-6-16(11-18(14)24)19(28)26-10-2-9-22(13-26)20(29)27(21(30)25-22)12-15-4-7-17(23)8-5-15/h3-8,11H,2,9-10,12-13H2,1H3,(H,25,30)/t22-/m1/s1. The van der Waals surface area contributed by atoms with Gasteiger partial charge < -0.3 is 10.2 Å². The summed E-state index contributed by atoms with van der Waals surface area (Å²) in [6.07, 6.45) is 1.00. The van der Waals surface area contributed by atoms with Crippen LogP contribution in [0, 0.1) is 12.7 Å². The SMILES string of the molecule is Cc1ccc(C(=O)N2CCC[C@]3(C2)NC(=O)N(Cc2ccc(Cl)cc2)C3=O)cc1F. The van der Waals surface area contributed by atoms with Crippen molar-refractivity contribution in [2.75, 3.05) is 13.1 Å². The van der Waals surface area contributed by atoms with Crippen LogP contribution in [0.5, 0.6) is 0 Å². The van der Waals surface area contributed by atoms with E-state index in [9.17, 15) is 18.8 Å². The van der Waals surface area contributed by atoms with E-state index in [1.54, 1.807) is 43.3 Å². The largest absolute Gasteiger partial charge is 0.336 e. The third-order valence-electron chi connectivity index (χ3n) is 5.70. The lowest BCUT2D eigenvalue weighted by atomic mass is 9.88. The average Bonchev–Trinajstić information content (AvgIpc) is 2.95. The van der Waals surface area contributed by atoms with Gasteiger partial charge in [0.15, 0.2) is 0 Å². The summed E-state index contributed by atoms with van der Waals surface area (Å²) in [6.45, 7) is 2.25. The molecule has 2 saturated heterocycles. The number of carbonyl (C=O) groups excluding carboxylic acids is 3. The number of rotatable bonds is 3. The number of amides is 4. The summed E-state index contributed by atoms with van der Waals surface area (Å²) in [7, 11) is 0. The van der Waals surface area contributed by atoms with Gasteiger partial charge in [-0.25, -0.2) is 9.18 Å². The van der Waals surface area contributed by atoms with Gasteiger partial charge in [-0.2, -0.15) is 0 Å². The lowest BCUT2D eigenvalue weighted by Gasteiger charge is -2.38. The number of urea groups is 1. The van der Waals surface area contributed by atoms with Crippen LogP contribution in [0.25, 0.3) is 0 Å². The number of nitrogens with zero attached hydrogens (tertiary/aromatic N) is 2. The first kappa shape index (κ1) is 20.3. The molecule has 2 aliphatic heterocycles. The van der Waals surface area contributed by atoms with Crippen molar-refractivity contribution >= 4 is 29.4 Å². The predicted octanol–water partition coefficient (Wildman–Crippen LogP) is 3.51. The van der Waals surface area contributed by atoms with Crippen molar-refractivity contribution in [3.05, 3.63) is 70.0 Å². The Morgan fingerprint density at radius 2 is 1.93 bits per heavy atom. The summed E-state index contributed by atoms with van der Waals surface area (Å²) in [5.74, 6) is -1.16. The molecule has 0 bridgehead atoms. The first-order chi connectivity index (χ1) is 14.3. The van der Waals surface area contributed by atoms with Crippen LogP contribution in [0.2, 0.25) is 5.02 Å². The quantitative estimate of drug-likeness (QED) is 0.759. The van der Waals surface area contributed by atoms with Gasteiger partial charge in [-0.1, -0.05) is 29.8 Å². The Labute approximate surface area is 178 Å². The van der Waals surface area contributed by atoms with E-state index in [4.69, 9.17) is 11.6 Å². The number of likely N-dealkylation sites (tertiary alicyclic amines) is 1. The Balaban J connectivity index is 1.53. The molecule has 2 heterocycles. The van der Waals surface area contributed by atoms with Gasteiger partial charge in [0, 0.05) is 17.1 Å². The zero-order valence-electron chi connectivity index (χ0n) is 16.5. The van der Waals surface area contributed by atoms with E-state index in [2.05, 4.69) is 5.32 Å². The van der Waals surface area contributed by atoms with Crippen LogP contribution in [0.15, 0.2) is 42.5 Å². The van der Waals surface area contributed by atoms with E-state index in [-0.39, 0.29) is 30.5 Å². The Kier molecular flexibility index (Phi) is 5.24. The van der Waals surface area contributed by atoms with Crippen molar-refractivity contribution in [2.24, 2.45) is 0 Å². The summed E-state index contributed by atoms with van der Waals surface area (Å²) in [5, 5.41) is 3.37. The van der Waals surface area contributed by atoms with Crippen molar-refractivity contribution in [3.8, 4) is 0 Å². The van der Waals surface area contributed by atoms with Crippen molar-refractivity contribution in [1.29, 1.82) is 0 Å². The molecular formula is C22H21ClFN3O3. The Bertz CT molecular complexity index is 1030. The fraction of sp³-hybridized carbons (Fsp3) is 0.318. The average molecular weight is 430 g/mol. The Morgan fingerprint density at radius 3 is 2.63 bits per heavy atom. The molecule has 30 heavy (non-hydrogen) atoms. The highest BCUT2D eigenvalue weighted by molar-refractivity contribution is 6.30. The van der Waals surface area contributed by atoms with Crippen molar-refractivity contribution in [3.63, 3.8) is 0 Å². The normalized spacial score (nSPS) is 21.3. The number of benzene rings is 2. The lowest BCUT2D eigenvalue weighted by Crippen LogP contribution is -2.59. The number of piperidine rings is 1. The third kappa shape index (κ3) is 3.65. The summed E-state index contributed by atoms with van der Waals surface area (Å²) in [4.78, 5) is 41.3. The maximum atomic E-state index is 13.9. The Hall–Kier alpha value is -2.93. The molecule has 0 saturated carbocycles. The molecule has 1 N–H and O–H groups in total. The number of imide groups is 1. The molecule has 1 atom stereocenters. The molecule has 6 nitrogen and oxygen atoms in total. The predicted molar refractivity (Wildman–Crippen MR) is 110 cm³/mol. The fourth-order valence-electron chi connectivity index (χ4n) is 4.01. The monoisotopic (exact) mass is 429 g/mol. The van der Waals surface area contributed by atoms with Gasteiger partial charge in [-0.3, -0.25) is 14.5 Å². The molecule has 156 valence electrons. The van der Waals surface area contributed by atoms with Crippen molar-refractivity contribution < 1.29 is 18.8 Å². The highest BCUT2D eigenvalue weighted by Gasteiger charge is 2.53. The van der Waals surface area contributed by atoms with E-state index < -0.39 is 17.4 Å². The molecule has 4 rings (SSSR count). The van der Waals surface area contributed by atoms with Crippen LogP contribution >= 0.6 is 11.6 Å².